The number of hydrogen-bond donors (Lipinski definition) is 3. The fraction of sp³-hybridized carbons (Fsp3) is 0.455. The van der Waals surface area contributed by atoms with Gasteiger partial charge in [0.15, 0.2) is 5.82 Å². The second kappa shape index (κ2) is 11.2. The van der Waals surface area contributed by atoms with Crippen LogP contribution in [-0.2, 0) is 0 Å². The second-order valence-corrected chi connectivity index (χ2v) is 6.77. The lowest BCUT2D eigenvalue weighted by Gasteiger charge is -2.22. The number of aliphatic hydroxyl groups is 2. The van der Waals surface area contributed by atoms with Crippen LogP contribution in [0.25, 0.3) is 0 Å². The molecule has 0 saturated heterocycles. The van der Waals surface area contributed by atoms with E-state index >= 15 is 0 Å². The molecule has 0 saturated carbocycles. The summed E-state index contributed by atoms with van der Waals surface area (Å²) in [5.41, 5.74) is 7.97. The van der Waals surface area contributed by atoms with Gasteiger partial charge in [0.2, 0.25) is 0 Å². The molecule has 156 valence electrons. The van der Waals surface area contributed by atoms with Crippen LogP contribution in [0.5, 0.6) is 5.75 Å². The van der Waals surface area contributed by atoms with Crippen LogP contribution >= 0.6 is 0 Å². The first kappa shape index (κ1) is 22.5. The van der Waals surface area contributed by atoms with Crippen molar-refractivity contribution in [3.63, 3.8) is 0 Å². The van der Waals surface area contributed by atoms with Gasteiger partial charge in [0.1, 0.15) is 5.75 Å². The Bertz CT molecular complexity index is 923. The maximum atomic E-state index is 9.22. The second-order valence-electron chi connectivity index (χ2n) is 6.77. The summed E-state index contributed by atoms with van der Waals surface area (Å²) in [6.45, 7) is 5.19. The quantitative estimate of drug-likeness (QED) is 0.294. The molecule has 0 bridgehead atoms. The van der Waals surface area contributed by atoms with E-state index in [4.69, 9.17) is 16.9 Å². The summed E-state index contributed by atoms with van der Waals surface area (Å²) in [5.74, 6) is 3.77. The highest BCUT2D eigenvalue weighted by atomic mass is 16.5. The monoisotopic (exact) mass is 398 g/mol. The van der Waals surface area contributed by atoms with Gasteiger partial charge >= 0.3 is 0 Å². The van der Waals surface area contributed by atoms with E-state index in [0.29, 0.717) is 53.4 Å². The van der Waals surface area contributed by atoms with Crippen molar-refractivity contribution in [1.29, 1.82) is 0 Å². The highest BCUT2D eigenvalue weighted by Crippen LogP contribution is 2.19. The van der Waals surface area contributed by atoms with Crippen LogP contribution in [0.15, 0.2) is 45.3 Å². The fourth-order valence-electron chi connectivity index (χ4n) is 2.93. The number of hydrogen-bond acceptors (Lipinski definition) is 7. The maximum Gasteiger partial charge on any atom is 0.156 e. The Hall–Kier alpha value is -2.82. The van der Waals surface area contributed by atoms with Crippen LogP contribution < -0.4 is 21.2 Å². The van der Waals surface area contributed by atoms with Crippen molar-refractivity contribution in [3.05, 3.63) is 46.0 Å². The number of anilines is 1. The summed E-state index contributed by atoms with van der Waals surface area (Å²) in [7, 11) is 0. The first-order chi connectivity index (χ1) is 14.0. The van der Waals surface area contributed by atoms with Gasteiger partial charge in [-0.2, -0.15) is 0 Å². The van der Waals surface area contributed by atoms with E-state index in [1.807, 2.05) is 13.0 Å². The topological polar surface area (TPSA) is 104 Å². The summed E-state index contributed by atoms with van der Waals surface area (Å²) >= 11 is 0. The minimum Gasteiger partial charge on any atom is -0.491 e. The molecule has 1 aromatic carbocycles. The highest BCUT2D eigenvalue weighted by Gasteiger charge is 2.12. The van der Waals surface area contributed by atoms with E-state index < -0.39 is 0 Å². The average molecular weight is 399 g/mol. The Labute approximate surface area is 171 Å². The normalized spacial score (nSPS) is 14.5. The third kappa shape index (κ3) is 6.08. The maximum absolute atomic E-state index is 9.22. The van der Waals surface area contributed by atoms with Crippen molar-refractivity contribution in [3.8, 4) is 18.1 Å². The van der Waals surface area contributed by atoms with E-state index in [-0.39, 0.29) is 13.2 Å². The lowest BCUT2D eigenvalue weighted by Crippen LogP contribution is -2.28. The van der Waals surface area contributed by atoms with Crippen molar-refractivity contribution in [2.24, 2.45) is 9.98 Å². The third-order valence-electron chi connectivity index (χ3n) is 4.50. The van der Waals surface area contributed by atoms with Crippen LogP contribution in [-0.4, -0.2) is 48.0 Å². The summed E-state index contributed by atoms with van der Waals surface area (Å²) in [6.07, 6.45) is 10.6. The molecule has 0 atom stereocenters. The first-order valence-corrected chi connectivity index (χ1v) is 9.89. The molecule has 4 N–H and O–H groups in total. The summed E-state index contributed by atoms with van der Waals surface area (Å²) in [6, 6.07) is 3.58. The molecule has 1 aromatic rings. The number of benzene rings is 1. The molecular weight excluding hydrogens is 368 g/mol. The number of nitrogens with zero attached hydrogens (tertiary/aromatic N) is 3. The van der Waals surface area contributed by atoms with E-state index in [1.165, 1.54) is 0 Å². The molecule has 1 aliphatic heterocycles. The van der Waals surface area contributed by atoms with Crippen LogP contribution in [0.3, 0.4) is 0 Å². The SMILES string of the molecule is C#C/C(=C\C(C)=C1N=c2cc(N)c(OCCCCC)cc2=N1)N(CCO)CCO. The summed E-state index contributed by atoms with van der Waals surface area (Å²) in [5, 5.41) is 19.8. The van der Waals surface area contributed by atoms with Crippen molar-refractivity contribution in [2.45, 2.75) is 33.1 Å². The molecule has 0 fully saturated rings. The van der Waals surface area contributed by atoms with Crippen molar-refractivity contribution >= 4 is 5.69 Å². The molecule has 0 aliphatic carbocycles. The van der Waals surface area contributed by atoms with Crippen LogP contribution in [0.4, 0.5) is 5.69 Å². The molecule has 7 heteroatoms. The van der Waals surface area contributed by atoms with Gasteiger partial charge in [-0.3, -0.25) is 0 Å². The number of aliphatic hydroxyl groups excluding tert-OH is 2. The molecule has 0 unspecified atom stereocenters. The van der Waals surface area contributed by atoms with Crippen LogP contribution in [0, 0.1) is 12.3 Å². The Balaban J connectivity index is 2.31. The highest BCUT2D eigenvalue weighted by molar-refractivity contribution is 5.52. The number of allylic oxidation sites excluding steroid dienone is 3. The van der Waals surface area contributed by atoms with Gasteiger partial charge in [-0.15, -0.1) is 6.42 Å². The van der Waals surface area contributed by atoms with Crippen LogP contribution in [0.1, 0.15) is 33.1 Å². The number of ether oxygens (including phenoxy) is 1. The number of terminal acetylenes is 1. The Morgan fingerprint density at radius 2 is 1.86 bits per heavy atom. The van der Waals surface area contributed by atoms with Gasteiger partial charge in [-0.05, 0) is 31.1 Å². The summed E-state index contributed by atoms with van der Waals surface area (Å²) in [4.78, 5) is 10.9. The molecule has 7 nitrogen and oxygen atoms in total. The van der Waals surface area contributed by atoms with E-state index in [9.17, 15) is 10.2 Å². The van der Waals surface area contributed by atoms with Crippen molar-refractivity contribution in [2.75, 3.05) is 38.6 Å². The van der Waals surface area contributed by atoms with Gasteiger partial charge in [-0.1, -0.05) is 25.7 Å². The predicted octanol–water partition coefficient (Wildman–Crippen LogP) is 1.13. The standard InChI is InChI=1S/C22H30N4O3/c1-4-6-7-12-29-21-15-20-19(14-18(21)23)24-22(25-20)16(3)13-17(5-2)26(8-10-27)9-11-28/h2,13-15,27-28H,4,6-12,23H2,1,3H3/b17-13+,22-16?. The minimum atomic E-state index is -0.0604. The average Bonchev–Trinajstić information content (AvgIpc) is 3.12. The zero-order valence-corrected chi connectivity index (χ0v) is 17.2. The van der Waals surface area contributed by atoms with E-state index in [2.05, 4.69) is 22.8 Å². The third-order valence-corrected chi connectivity index (χ3v) is 4.50. The zero-order valence-electron chi connectivity index (χ0n) is 17.2. The number of unbranched alkanes of at least 4 members (excludes halogenated alkanes) is 2. The van der Waals surface area contributed by atoms with Gasteiger partial charge in [0.25, 0.3) is 0 Å². The molecule has 0 amide bonds. The Kier molecular flexibility index (Phi) is 8.71. The Morgan fingerprint density at radius 3 is 2.45 bits per heavy atom. The molecule has 0 aromatic heterocycles. The molecule has 1 heterocycles. The predicted molar refractivity (Wildman–Crippen MR) is 114 cm³/mol. The van der Waals surface area contributed by atoms with Crippen LogP contribution in [0.2, 0.25) is 0 Å². The molecule has 2 rings (SSSR count). The first-order valence-electron chi connectivity index (χ1n) is 9.89. The summed E-state index contributed by atoms with van der Waals surface area (Å²) < 4.78 is 5.79. The van der Waals surface area contributed by atoms with E-state index in [0.717, 1.165) is 24.8 Å². The number of nitrogen functional groups attached to an aromatic ring is 1. The largest absolute Gasteiger partial charge is 0.491 e. The van der Waals surface area contributed by atoms with Gasteiger partial charge in [-0.25, -0.2) is 9.98 Å². The molecule has 29 heavy (non-hydrogen) atoms. The fourth-order valence-corrected chi connectivity index (χ4v) is 2.93. The molecule has 0 spiro atoms. The van der Waals surface area contributed by atoms with Crippen molar-refractivity contribution in [1.82, 2.24) is 4.90 Å². The molecule has 0 radical (unpaired) electrons. The lowest BCUT2D eigenvalue weighted by molar-refractivity contribution is 0.193. The lowest BCUT2D eigenvalue weighted by atomic mass is 10.2. The minimum absolute atomic E-state index is 0.0604. The zero-order chi connectivity index (χ0) is 21.2. The van der Waals surface area contributed by atoms with Gasteiger partial charge < -0.3 is 25.6 Å². The molecule has 1 aliphatic rings. The number of fused-ring (bicyclic) bond motifs is 1. The number of nitrogens with two attached hydrogens (primary N) is 1. The van der Waals surface area contributed by atoms with E-state index in [1.54, 1.807) is 17.0 Å². The van der Waals surface area contributed by atoms with Gasteiger partial charge in [0, 0.05) is 19.2 Å². The van der Waals surface area contributed by atoms with Crippen molar-refractivity contribution < 1.29 is 14.9 Å². The molecular formula is C22H30N4O3. The number of rotatable bonds is 11. The van der Waals surface area contributed by atoms with Gasteiger partial charge in [0.05, 0.1) is 41.9 Å². The Morgan fingerprint density at radius 1 is 1.21 bits per heavy atom. The smallest absolute Gasteiger partial charge is 0.156 e.